The Labute approximate surface area is 235 Å². The van der Waals surface area contributed by atoms with E-state index in [-0.39, 0.29) is 17.6 Å². The summed E-state index contributed by atoms with van der Waals surface area (Å²) in [5.74, 6) is 3.24. The van der Waals surface area contributed by atoms with Gasteiger partial charge in [0.2, 0.25) is 11.9 Å². The second-order valence-corrected chi connectivity index (χ2v) is 11.6. The third-order valence-corrected chi connectivity index (χ3v) is 9.53. The van der Waals surface area contributed by atoms with Crippen molar-refractivity contribution in [2.45, 2.75) is 58.2 Å². The molecular weight excluding hydrogens is 502 g/mol. The average Bonchev–Trinajstić information content (AvgIpc) is 2.97. The molecule has 1 aromatic carbocycles. The van der Waals surface area contributed by atoms with E-state index in [9.17, 15) is 9.59 Å². The van der Waals surface area contributed by atoms with Crippen LogP contribution in [0.15, 0.2) is 54.1 Å². The zero-order valence-corrected chi connectivity index (χ0v) is 23.5. The first-order valence-electron chi connectivity index (χ1n) is 14.7. The molecule has 3 fully saturated rings. The van der Waals surface area contributed by atoms with E-state index in [0.717, 1.165) is 54.9 Å². The first-order valence-corrected chi connectivity index (χ1v) is 14.7. The number of anilines is 1. The van der Waals surface area contributed by atoms with Crippen LogP contribution < -0.4 is 11.0 Å². The van der Waals surface area contributed by atoms with E-state index in [4.69, 9.17) is 0 Å². The van der Waals surface area contributed by atoms with Crippen molar-refractivity contribution in [3.8, 4) is 0 Å². The minimum Gasteiger partial charge on any atom is -0.348 e. The van der Waals surface area contributed by atoms with Gasteiger partial charge in [0.1, 0.15) is 0 Å². The van der Waals surface area contributed by atoms with Gasteiger partial charge in [0.15, 0.2) is 5.65 Å². The molecule has 0 radical (unpaired) electrons. The van der Waals surface area contributed by atoms with E-state index in [1.54, 1.807) is 10.8 Å². The van der Waals surface area contributed by atoms with Crippen LogP contribution in [0.4, 0.5) is 5.95 Å². The molecule has 1 aliphatic heterocycles. The fourth-order valence-electron chi connectivity index (χ4n) is 6.93. The van der Waals surface area contributed by atoms with Crippen LogP contribution >= 0.6 is 0 Å². The second kappa shape index (κ2) is 11.1. The molecule has 0 spiro atoms. The minimum atomic E-state index is -0.304. The number of hydrogen-bond acceptors (Lipinski definition) is 7. The van der Waals surface area contributed by atoms with Crippen molar-refractivity contribution in [1.82, 2.24) is 29.3 Å². The summed E-state index contributed by atoms with van der Waals surface area (Å²) >= 11 is 0. The quantitative estimate of drug-likeness (QED) is 0.406. The van der Waals surface area contributed by atoms with Gasteiger partial charge in [0.25, 0.3) is 0 Å². The molecule has 9 nitrogen and oxygen atoms in total. The molecule has 3 aliphatic rings. The van der Waals surface area contributed by atoms with Gasteiger partial charge in [-0.15, -0.1) is 0 Å². The Bertz CT molecular complexity index is 1440. The van der Waals surface area contributed by atoms with Gasteiger partial charge >= 0.3 is 5.69 Å². The monoisotopic (exact) mass is 541 g/mol. The summed E-state index contributed by atoms with van der Waals surface area (Å²) in [7, 11) is 0. The van der Waals surface area contributed by atoms with Crippen LogP contribution in [-0.4, -0.2) is 61.4 Å². The maximum absolute atomic E-state index is 12.2. The van der Waals surface area contributed by atoms with Crippen molar-refractivity contribution in [2.24, 2.45) is 17.8 Å². The Balaban J connectivity index is 1.17. The number of hydrogen-bond donors (Lipinski definition) is 1. The molecule has 9 heteroatoms. The molecule has 5 atom stereocenters. The number of fused-ring (bicyclic) bond motifs is 2. The molecule has 2 aliphatic carbocycles. The lowest BCUT2D eigenvalue weighted by Gasteiger charge is -2.55. The number of benzene rings is 1. The van der Waals surface area contributed by atoms with Crippen molar-refractivity contribution in [2.75, 3.05) is 31.5 Å². The van der Waals surface area contributed by atoms with Crippen molar-refractivity contribution >= 4 is 22.9 Å². The zero-order chi connectivity index (χ0) is 27.8. The smallest absolute Gasteiger partial charge is 0.348 e. The maximum atomic E-state index is 12.2. The van der Waals surface area contributed by atoms with E-state index in [1.165, 1.54) is 43.5 Å². The maximum Gasteiger partial charge on any atom is 0.349 e. The summed E-state index contributed by atoms with van der Waals surface area (Å²) in [5.41, 5.74) is 2.79. The molecule has 2 aromatic heterocycles. The number of aromatic nitrogens is 4. The van der Waals surface area contributed by atoms with Crippen LogP contribution in [0.5, 0.6) is 0 Å². The number of carbonyl (C=O) groups is 1. The largest absolute Gasteiger partial charge is 0.349 e. The predicted molar refractivity (Wildman–Crippen MR) is 156 cm³/mol. The highest BCUT2D eigenvalue weighted by atomic mass is 16.2. The molecule has 1 saturated heterocycles. The second-order valence-electron chi connectivity index (χ2n) is 11.6. The van der Waals surface area contributed by atoms with Crippen LogP contribution in [0.25, 0.3) is 11.0 Å². The van der Waals surface area contributed by atoms with Gasteiger partial charge in [0, 0.05) is 51.2 Å². The van der Waals surface area contributed by atoms with E-state index in [0.29, 0.717) is 24.2 Å². The Kier molecular flexibility index (Phi) is 7.40. The number of rotatable bonds is 9. The first kappa shape index (κ1) is 26.6. The summed E-state index contributed by atoms with van der Waals surface area (Å²) in [4.78, 5) is 41.8. The number of aryl methyl sites for hydroxylation is 1. The highest BCUT2D eigenvalue weighted by Crippen LogP contribution is 2.57. The van der Waals surface area contributed by atoms with Gasteiger partial charge in [-0.3, -0.25) is 14.3 Å². The van der Waals surface area contributed by atoms with Crippen LogP contribution in [0.1, 0.15) is 62.7 Å². The zero-order valence-electron chi connectivity index (χ0n) is 23.5. The van der Waals surface area contributed by atoms with Gasteiger partial charge in [-0.05, 0) is 74.5 Å². The molecule has 3 aromatic rings. The molecule has 4 unspecified atom stereocenters. The fraction of sp³-hybridized carbons (Fsp3) is 0.516. The number of carbonyl (C=O) groups excluding carboxylic acids is 1. The standard InChI is InChI=1S/C31H39N7O2/c1-4-28(39)37-14-12-36(13-15-37)27(17-24-16-23-10-11-26(23)24)22-8-6-21(7-9-22)20(3)34-30-32-18-25-19-33-31(40)38(5-2)29(25)35-30/h4,6-9,18-20,23-24,26-27H,1,5,10-17H2,2-3H3,(H,32,34,35)/t20-,23?,24?,26?,27?/m0/s1. The lowest BCUT2D eigenvalue weighted by molar-refractivity contribution is -0.128. The van der Waals surface area contributed by atoms with E-state index in [2.05, 4.69) is 62.9 Å². The lowest BCUT2D eigenvalue weighted by Crippen LogP contribution is -2.51. The van der Waals surface area contributed by atoms with Crippen molar-refractivity contribution < 1.29 is 4.79 Å². The molecule has 210 valence electrons. The van der Waals surface area contributed by atoms with Gasteiger partial charge in [-0.1, -0.05) is 30.8 Å². The minimum absolute atomic E-state index is 0.00980. The predicted octanol–water partition coefficient (Wildman–Crippen LogP) is 4.19. The molecular formula is C31H39N7O2. The fourth-order valence-corrected chi connectivity index (χ4v) is 6.93. The highest BCUT2D eigenvalue weighted by Gasteiger charge is 2.47. The Morgan fingerprint density at radius 2 is 1.82 bits per heavy atom. The van der Waals surface area contributed by atoms with Crippen LogP contribution in [0.3, 0.4) is 0 Å². The molecule has 6 rings (SSSR count). The van der Waals surface area contributed by atoms with Crippen molar-refractivity contribution in [3.05, 3.63) is 70.9 Å². The topological polar surface area (TPSA) is 96.3 Å². The SMILES string of the molecule is C=CC(=O)N1CCN(C(CC2CC3CCC32)c2ccc([C@H](C)Nc3ncc4cnc(=O)n(CC)c4n3)cc2)CC1. The Morgan fingerprint density at radius 3 is 2.45 bits per heavy atom. The van der Waals surface area contributed by atoms with Gasteiger partial charge in [-0.2, -0.15) is 4.98 Å². The van der Waals surface area contributed by atoms with E-state index >= 15 is 0 Å². The van der Waals surface area contributed by atoms with Crippen LogP contribution in [0, 0.1) is 17.8 Å². The van der Waals surface area contributed by atoms with Crippen molar-refractivity contribution in [3.63, 3.8) is 0 Å². The third kappa shape index (κ3) is 5.03. The number of nitrogens with one attached hydrogen (secondary N) is 1. The van der Waals surface area contributed by atoms with Gasteiger partial charge < -0.3 is 10.2 Å². The summed E-state index contributed by atoms with van der Waals surface area (Å²) in [6, 6.07) is 9.32. The summed E-state index contributed by atoms with van der Waals surface area (Å²) in [5, 5.41) is 4.15. The molecule has 2 saturated carbocycles. The van der Waals surface area contributed by atoms with Crippen LogP contribution in [0.2, 0.25) is 0 Å². The van der Waals surface area contributed by atoms with Gasteiger partial charge in [0.05, 0.1) is 11.4 Å². The third-order valence-electron chi connectivity index (χ3n) is 9.53. The van der Waals surface area contributed by atoms with Gasteiger partial charge in [-0.25, -0.2) is 14.8 Å². The summed E-state index contributed by atoms with van der Waals surface area (Å²) < 4.78 is 1.56. The Morgan fingerprint density at radius 1 is 1.10 bits per heavy atom. The van der Waals surface area contributed by atoms with Crippen molar-refractivity contribution in [1.29, 1.82) is 0 Å². The summed E-state index contributed by atoms with van der Waals surface area (Å²) in [6.07, 6.45) is 10.0. The summed E-state index contributed by atoms with van der Waals surface area (Å²) in [6.45, 7) is 11.5. The van der Waals surface area contributed by atoms with E-state index < -0.39 is 0 Å². The number of piperazine rings is 1. The normalized spacial score (nSPS) is 23.9. The molecule has 40 heavy (non-hydrogen) atoms. The molecule has 1 N–H and O–H groups in total. The average molecular weight is 542 g/mol. The molecule has 0 bridgehead atoms. The highest BCUT2D eigenvalue weighted by molar-refractivity contribution is 5.87. The van der Waals surface area contributed by atoms with Crippen LogP contribution in [-0.2, 0) is 11.3 Å². The Hall–Kier alpha value is -3.59. The number of nitrogens with zero attached hydrogens (tertiary/aromatic N) is 6. The van der Waals surface area contributed by atoms with E-state index in [1.807, 2.05) is 11.8 Å². The number of amides is 1. The first-order chi connectivity index (χ1) is 19.4. The molecule has 3 heterocycles. The molecule has 1 amide bonds. The lowest BCUT2D eigenvalue weighted by atomic mass is 9.52.